The summed E-state index contributed by atoms with van der Waals surface area (Å²) in [6, 6.07) is 7.43. The molecule has 0 spiro atoms. The van der Waals surface area contributed by atoms with Crippen molar-refractivity contribution in [2.24, 2.45) is 0 Å². The average Bonchev–Trinajstić information content (AvgIpc) is 2.29. The molecule has 0 aromatic carbocycles. The Kier molecular flexibility index (Phi) is 2.87. The second-order valence-electron chi connectivity index (χ2n) is 3.00. The molecule has 0 bridgehead atoms. The molecule has 0 radical (unpaired) electrons. The van der Waals surface area contributed by atoms with Gasteiger partial charge in [0.1, 0.15) is 5.03 Å². The van der Waals surface area contributed by atoms with Crippen molar-refractivity contribution < 1.29 is 4.21 Å². The van der Waals surface area contributed by atoms with E-state index >= 15 is 0 Å². The van der Waals surface area contributed by atoms with Crippen LogP contribution in [0.4, 0.5) is 0 Å². The summed E-state index contributed by atoms with van der Waals surface area (Å²) in [7, 11) is -1.11. The summed E-state index contributed by atoms with van der Waals surface area (Å²) in [6.45, 7) is 3.55. The highest BCUT2D eigenvalue weighted by Crippen LogP contribution is 2.11. The predicted octanol–water partition coefficient (Wildman–Crippen LogP) is 1.92. The monoisotopic (exact) mass is 218 g/mol. The molecular weight excluding hydrogens is 208 g/mol. The number of pyridine rings is 2. The van der Waals surface area contributed by atoms with Gasteiger partial charge in [0.15, 0.2) is 5.65 Å². The molecule has 0 aliphatic heterocycles. The molecule has 1 unspecified atom stereocenters. The van der Waals surface area contributed by atoms with Gasteiger partial charge in [0, 0.05) is 17.3 Å². The number of aromatic nitrogens is 2. The highest BCUT2D eigenvalue weighted by molar-refractivity contribution is 7.85. The predicted molar refractivity (Wildman–Crippen MR) is 61.0 cm³/mol. The van der Waals surface area contributed by atoms with Gasteiger partial charge >= 0.3 is 0 Å². The van der Waals surface area contributed by atoms with E-state index in [0.29, 0.717) is 16.4 Å². The van der Waals surface area contributed by atoms with E-state index in [1.807, 2.05) is 18.2 Å². The van der Waals surface area contributed by atoms with Crippen molar-refractivity contribution in [2.75, 3.05) is 5.75 Å². The van der Waals surface area contributed by atoms with Gasteiger partial charge in [-0.2, -0.15) is 0 Å². The number of fused-ring (bicyclic) bond motifs is 1. The van der Waals surface area contributed by atoms with Crippen molar-refractivity contribution in [1.82, 2.24) is 9.97 Å². The lowest BCUT2D eigenvalue weighted by Crippen LogP contribution is -1.98. The van der Waals surface area contributed by atoms with Gasteiger partial charge in [-0.1, -0.05) is 6.08 Å². The molecule has 0 fully saturated rings. The van der Waals surface area contributed by atoms with Crippen LogP contribution in [-0.4, -0.2) is 19.9 Å². The normalized spacial score (nSPS) is 12.5. The Morgan fingerprint density at radius 2 is 2.27 bits per heavy atom. The first-order valence-corrected chi connectivity index (χ1v) is 5.84. The highest BCUT2D eigenvalue weighted by atomic mass is 32.2. The Bertz CT molecular complexity index is 525. The molecule has 2 heterocycles. The summed E-state index contributed by atoms with van der Waals surface area (Å²) in [5, 5.41) is 1.51. The lowest BCUT2D eigenvalue weighted by molar-refractivity contribution is 0.682. The van der Waals surface area contributed by atoms with Gasteiger partial charge in [0.2, 0.25) is 0 Å². The molecule has 2 aromatic heterocycles. The topological polar surface area (TPSA) is 42.9 Å². The maximum atomic E-state index is 11.6. The minimum Gasteiger partial charge on any atom is -0.252 e. The molecule has 0 aliphatic rings. The van der Waals surface area contributed by atoms with Gasteiger partial charge in [0.25, 0.3) is 0 Å². The molecule has 0 saturated heterocycles. The first-order chi connectivity index (χ1) is 7.31. The van der Waals surface area contributed by atoms with Crippen LogP contribution in [0, 0.1) is 0 Å². The van der Waals surface area contributed by atoms with E-state index in [-0.39, 0.29) is 0 Å². The van der Waals surface area contributed by atoms with Crippen LogP contribution >= 0.6 is 0 Å². The van der Waals surface area contributed by atoms with Gasteiger partial charge in [-0.05, 0) is 24.3 Å². The number of hydrogen-bond donors (Lipinski definition) is 0. The van der Waals surface area contributed by atoms with E-state index in [1.54, 1.807) is 18.3 Å². The maximum Gasteiger partial charge on any atom is 0.160 e. The standard InChI is InChI=1S/C11H10N2OS/c1-2-8-15(14)10-6-5-9-4-3-7-12-11(9)13-10/h2-7H,1,8H2. The number of nitrogens with zero attached hydrogens (tertiary/aromatic N) is 2. The van der Waals surface area contributed by atoms with Crippen LogP contribution in [0.25, 0.3) is 11.0 Å². The van der Waals surface area contributed by atoms with Crippen LogP contribution in [0.2, 0.25) is 0 Å². The van der Waals surface area contributed by atoms with Crippen molar-refractivity contribution in [2.45, 2.75) is 5.03 Å². The van der Waals surface area contributed by atoms with Crippen LogP contribution in [0.1, 0.15) is 0 Å². The largest absolute Gasteiger partial charge is 0.252 e. The summed E-state index contributed by atoms with van der Waals surface area (Å²) in [5.74, 6) is 0.422. The van der Waals surface area contributed by atoms with E-state index in [1.165, 1.54) is 0 Å². The van der Waals surface area contributed by atoms with Crippen LogP contribution in [0.5, 0.6) is 0 Å². The molecule has 0 saturated carbocycles. The summed E-state index contributed by atoms with van der Waals surface area (Å²) in [4.78, 5) is 8.35. The lowest BCUT2D eigenvalue weighted by Gasteiger charge is -2.00. The lowest BCUT2D eigenvalue weighted by atomic mass is 10.3. The summed E-state index contributed by atoms with van der Waals surface area (Å²) in [6.07, 6.45) is 3.30. The molecular formula is C11H10N2OS. The molecule has 0 amide bonds. The third kappa shape index (κ3) is 2.10. The fourth-order valence-corrected chi connectivity index (χ4v) is 2.05. The highest BCUT2D eigenvalue weighted by Gasteiger charge is 2.04. The molecule has 4 heteroatoms. The van der Waals surface area contributed by atoms with E-state index in [9.17, 15) is 4.21 Å². The van der Waals surface area contributed by atoms with E-state index in [2.05, 4.69) is 16.5 Å². The molecule has 1 atom stereocenters. The third-order valence-corrected chi connectivity index (χ3v) is 3.17. The number of hydrogen-bond acceptors (Lipinski definition) is 3. The van der Waals surface area contributed by atoms with E-state index in [0.717, 1.165) is 5.39 Å². The van der Waals surface area contributed by atoms with Crippen LogP contribution < -0.4 is 0 Å². The third-order valence-electron chi connectivity index (χ3n) is 1.94. The van der Waals surface area contributed by atoms with Crippen molar-refractivity contribution in [3.05, 3.63) is 43.1 Å². The van der Waals surface area contributed by atoms with E-state index in [4.69, 9.17) is 0 Å². The Morgan fingerprint density at radius 3 is 3.07 bits per heavy atom. The van der Waals surface area contributed by atoms with Gasteiger partial charge in [0.05, 0.1) is 10.8 Å². The van der Waals surface area contributed by atoms with Gasteiger partial charge in [-0.25, -0.2) is 9.97 Å². The first kappa shape index (κ1) is 9.98. The molecule has 15 heavy (non-hydrogen) atoms. The quantitative estimate of drug-likeness (QED) is 0.739. The van der Waals surface area contributed by atoms with Crippen molar-refractivity contribution >= 4 is 21.8 Å². The smallest absolute Gasteiger partial charge is 0.160 e. The minimum atomic E-state index is -1.11. The molecule has 0 N–H and O–H groups in total. The zero-order chi connectivity index (χ0) is 10.7. The van der Waals surface area contributed by atoms with Crippen LogP contribution in [0.15, 0.2) is 48.1 Å². The van der Waals surface area contributed by atoms with Gasteiger partial charge in [-0.15, -0.1) is 6.58 Å². The average molecular weight is 218 g/mol. The summed E-state index contributed by atoms with van der Waals surface area (Å²) in [5.41, 5.74) is 0.632. The van der Waals surface area contributed by atoms with Crippen molar-refractivity contribution in [3.8, 4) is 0 Å². The Morgan fingerprint density at radius 1 is 1.40 bits per heavy atom. The van der Waals surface area contributed by atoms with Crippen LogP contribution in [0.3, 0.4) is 0 Å². The van der Waals surface area contributed by atoms with E-state index < -0.39 is 10.8 Å². The second kappa shape index (κ2) is 4.31. The Hall–Kier alpha value is -1.55. The SMILES string of the molecule is C=CCS(=O)c1ccc2cccnc2n1. The fourth-order valence-electron chi connectivity index (χ4n) is 1.25. The summed E-state index contributed by atoms with van der Waals surface area (Å²) >= 11 is 0. The molecule has 2 aromatic rings. The van der Waals surface area contributed by atoms with Gasteiger partial charge < -0.3 is 0 Å². The first-order valence-electron chi connectivity index (χ1n) is 4.52. The van der Waals surface area contributed by atoms with Gasteiger partial charge in [-0.3, -0.25) is 4.21 Å². The number of rotatable bonds is 3. The fraction of sp³-hybridized carbons (Fsp3) is 0.0909. The molecule has 76 valence electrons. The maximum absolute atomic E-state index is 11.6. The Balaban J connectivity index is 2.46. The van der Waals surface area contributed by atoms with Crippen molar-refractivity contribution in [3.63, 3.8) is 0 Å². The zero-order valence-electron chi connectivity index (χ0n) is 8.09. The minimum absolute atomic E-state index is 0.422. The summed E-state index contributed by atoms with van der Waals surface area (Å²) < 4.78 is 11.6. The second-order valence-corrected chi connectivity index (χ2v) is 4.44. The Labute approximate surface area is 90.3 Å². The van der Waals surface area contributed by atoms with Crippen molar-refractivity contribution in [1.29, 1.82) is 0 Å². The van der Waals surface area contributed by atoms with Crippen LogP contribution in [-0.2, 0) is 10.8 Å². The molecule has 3 nitrogen and oxygen atoms in total. The molecule has 0 aliphatic carbocycles. The zero-order valence-corrected chi connectivity index (χ0v) is 8.91. The molecule has 2 rings (SSSR count).